The molecule has 0 spiro atoms. The van der Waals surface area contributed by atoms with Gasteiger partial charge in [-0.3, -0.25) is 0 Å². The van der Waals surface area contributed by atoms with Crippen molar-refractivity contribution in [3.8, 4) is 0 Å². The normalized spacial score (nSPS) is 28.3. The number of aliphatic hydroxyl groups is 1. The van der Waals surface area contributed by atoms with E-state index in [0.717, 1.165) is 29.3 Å². The Morgan fingerprint density at radius 3 is 2.85 bits per heavy atom. The third-order valence-electron chi connectivity index (χ3n) is 4.40. The SMILES string of the molecule is CCOC1(C(O)Cc2ccccc2Br)CCCC(C)C1. The van der Waals surface area contributed by atoms with Crippen LogP contribution in [0.5, 0.6) is 0 Å². The van der Waals surface area contributed by atoms with Gasteiger partial charge in [-0.05, 0) is 37.3 Å². The summed E-state index contributed by atoms with van der Waals surface area (Å²) in [7, 11) is 0. The van der Waals surface area contributed by atoms with E-state index < -0.39 is 6.10 Å². The highest BCUT2D eigenvalue weighted by Crippen LogP contribution is 2.39. The molecule has 2 rings (SSSR count). The van der Waals surface area contributed by atoms with Gasteiger partial charge < -0.3 is 9.84 Å². The van der Waals surface area contributed by atoms with E-state index in [1.165, 1.54) is 6.42 Å². The fraction of sp³-hybridized carbons (Fsp3) is 0.647. The number of hydrogen-bond acceptors (Lipinski definition) is 2. The molecule has 0 bridgehead atoms. The number of benzene rings is 1. The first-order chi connectivity index (χ1) is 9.57. The molecule has 0 aliphatic heterocycles. The molecule has 0 radical (unpaired) electrons. The van der Waals surface area contributed by atoms with Crippen molar-refractivity contribution in [3.05, 3.63) is 34.3 Å². The molecule has 0 heterocycles. The van der Waals surface area contributed by atoms with Gasteiger partial charge in [0.15, 0.2) is 0 Å². The molecular formula is C17H25BrO2. The minimum absolute atomic E-state index is 0.359. The van der Waals surface area contributed by atoms with E-state index in [0.29, 0.717) is 18.9 Å². The van der Waals surface area contributed by atoms with E-state index in [2.05, 4.69) is 28.9 Å². The monoisotopic (exact) mass is 340 g/mol. The second-order valence-corrected chi connectivity index (χ2v) is 6.86. The summed E-state index contributed by atoms with van der Waals surface area (Å²) in [6, 6.07) is 8.11. The molecule has 2 nitrogen and oxygen atoms in total. The van der Waals surface area contributed by atoms with E-state index in [1.807, 2.05) is 25.1 Å². The average Bonchev–Trinajstić information content (AvgIpc) is 2.41. The summed E-state index contributed by atoms with van der Waals surface area (Å²) in [6.07, 6.45) is 4.53. The lowest BCUT2D eigenvalue weighted by Gasteiger charge is -2.43. The Labute approximate surface area is 130 Å². The van der Waals surface area contributed by atoms with Gasteiger partial charge in [0.1, 0.15) is 0 Å². The highest BCUT2D eigenvalue weighted by atomic mass is 79.9. The number of hydrogen-bond donors (Lipinski definition) is 1. The summed E-state index contributed by atoms with van der Waals surface area (Å²) < 4.78 is 7.11. The lowest BCUT2D eigenvalue weighted by Crippen LogP contribution is -2.49. The molecule has 1 aliphatic carbocycles. The molecule has 3 atom stereocenters. The van der Waals surface area contributed by atoms with Gasteiger partial charge in [-0.2, -0.15) is 0 Å². The van der Waals surface area contributed by atoms with Gasteiger partial charge in [-0.15, -0.1) is 0 Å². The van der Waals surface area contributed by atoms with E-state index in [4.69, 9.17) is 4.74 Å². The summed E-state index contributed by atoms with van der Waals surface area (Å²) in [5, 5.41) is 10.8. The first-order valence-electron chi connectivity index (χ1n) is 7.63. The Balaban J connectivity index is 2.14. The predicted molar refractivity (Wildman–Crippen MR) is 85.8 cm³/mol. The Morgan fingerprint density at radius 2 is 2.20 bits per heavy atom. The molecule has 0 saturated heterocycles. The summed E-state index contributed by atoms with van der Waals surface area (Å²) in [4.78, 5) is 0. The van der Waals surface area contributed by atoms with Crippen LogP contribution < -0.4 is 0 Å². The molecular weight excluding hydrogens is 316 g/mol. The molecule has 0 aromatic heterocycles. The van der Waals surface area contributed by atoms with Crippen LogP contribution >= 0.6 is 15.9 Å². The van der Waals surface area contributed by atoms with Gasteiger partial charge in [0.05, 0.1) is 11.7 Å². The largest absolute Gasteiger partial charge is 0.390 e. The maximum atomic E-state index is 10.8. The van der Waals surface area contributed by atoms with Crippen LogP contribution in [-0.2, 0) is 11.2 Å². The zero-order valence-electron chi connectivity index (χ0n) is 12.4. The van der Waals surface area contributed by atoms with Crippen molar-refractivity contribution >= 4 is 15.9 Å². The first kappa shape index (κ1) is 16.0. The van der Waals surface area contributed by atoms with Crippen molar-refractivity contribution in [1.82, 2.24) is 0 Å². The molecule has 1 saturated carbocycles. The van der Waals surface area contributed by atoms with Crippen molar-refractivity contribution in [2.75, 3.05) is 6.61 Å². The van der Waals surface area contributed by atoms with Gasteiger partial charge in [-0.1, -0.05) is 53.9 Å². The fourth-order valence-corrected chi connectivity index (χ4v) is 3.87. The smallest absolute Gasteiger partial charge is 0.0945 e. The van der Waals surface area contributed by atoms with Crippen LogP contribution in [0.1, 0.15) is 45.1 Å². The molecule has 1 fully saturated rings. The molecule has 3 unspecified atom stereocenters. The second-order valence-electron chi connectivity index (χ2n) is 6.01. The number of halogens is 1. The molecule has 1 aromatic rings. The number of rotatable bonds is 5. The summed E-state index contributed by atoms with van der Waals surface area (Å²) in [5.74, 6) is 0.629. The number of ether oxygens (including phenoxy) is 1. The van der Waals surface area contributed by atoms with Crippen LogP contribution in [0, 0.1) is 5.92 Å². The van der Waals surface area contributed by atoms with Crippen molar-refractivity contribution in [1.29, 1.82) is 0 Å². The molecule has 3 heteroatoms. The third kappa shape index (κ3) is 3.63. The van der Waals surface area contributed by atoms with Crippen molar-refractivity contribution in [2.45, 2.75) is 57.7 Å². The maximum Gasteiger partial charge on any atom is 0.0945 e. The van der Waals surface area contributed by atoms with Crippen LogP contribution in [0.2, 0.25) is 0 Å². The molecule has 1 aromatic carbocycles. The van der Waals surface area contributed by atoms with Crippen LogP contribution in [-0.4, -0.2) is 23.4 Å². The van der Waals surface area contributed by atoms with E-state index in [-0.39, 0.29) is 5.60 Å². The van der Waals surface area contributed by atoms with Gasteiger partial charge in [0.2, 0.25) is 0 Å². The lowest BCUT2D eigenvalue weighted by molar-refractivity contribution is -0.147. The Morgan fingerprint density at radius 1 is 1.45 bits per heavy atom. The highest BCUT2D eigenvalue weighted by Gasteiger charge is 2.42. The van der Waals surface area contributed by atoms with Crippen LogP contribution in [0.3, 0.4) is 0 Å². The Kier molecular flexibility index (Phi) is 5.65. The summed E-state index contributed by atoms with van der Waals surface area (Å²) in [5.41, 5.74) is 0.791. The molecule has 0 amide bonds. The zero-order chi connectivity index (χ0) is 14.6. The standard InChI is InChI=1S/C17H25BrO2/c1-3-20-17(10-6-7-13(2)12-17)16(19)11-14-8-4-5-9-15(14)18/h4-5,8-9,13,16,19H,3,6-7,10-12H2,1-2H3. The van der Waals surface area contributed by atoms with Crippen molar-refractivity contribution < 1.29 is 9.84 Å². The topological polar surface area (TPSA) is 29.5 Å². The zero-order valence-corrected chi connectivity index (χ0v) is 14.0. The molecule has 1 aliphatic rings. The minimum atomic E-state index is -0.441. The van der Waals surface area contributed by atoms with Gasteiger partial charge >= 0.3 is 0 Å². The van der Waals surface area contributed by atoms with Crippen molar-refractivity contribution in [2.24, 2.45) is 5.92 Å². The van der Waals surface area contributed by atoms with E-state index in [9.17, 15) is 5.11 Å². The van der Waals surface area contributed by atoms with Crippen molar-refractivity contribution in [3.63, 3.8) is 0 Å². The van der Waals surface area contributed by atoms with Crippen LogP contribution in [0.15, 0.2) is 28.7 Å². The predicted octanol–water partition coefficient (Wildman–Crippen LogP) is 4.34. The fourth-order valence-electron chi connectivity index (χ4n) is 3.42. The van der Waals surface area contributed by atoms with E-state index in [1.54, 1.807) is 0 Å². The van der Waals surface area contributed by atoms with Crippen LogP contribution in [0.25, 0.3) is 0 Å². The van der Waals surface area contributed by atoms with E-state index >= 15 is 0 Å². The maximum absolute atomic E-state index is 10.8. The second kappa shape index (κ2) is 7.06. The van der Waals surface area contributed by atoms with Gasteiger partial charge in [-0.25, -0.2) is 0 Å². The number of aliphatic hydroxyl groups excluding tert-OH is 1. The van der Waals surface area contributed by atoms with Gasteiger partial charge in [0.25, 0.3) is 0 Å². The Hall–Kier alpha value is -0.380. The van der Waals surface area contributed by atoms with Crippen LogP contribution in [0.4, 0.5) is 0 Å². The summed E-state index contributed by atoms with van der Waals surface area (Å²) in [6.45, 7) is 4.95. The first-order valence-corrected chi connectivity index (χ1v) is 8.42. The lowest BCUT2D eigenvalue weighted by atomic mass is 9.74. The third-order valence-corrected chi connectivity index (χ3v) is 5.17. The minimum Gasteiger partial charge on any atom is -0.390 e. The summed E-state index contributed by atoms with van der Waals surface area (Å²) >= 11 is 3.57. The van der Waals surface area contributed by atoms with Gasteiger partial charge in [0, 0.05) is 17.5 Å². The molecule has 112 valence electrons. The molecule has 1 N–H and O–H groups in total. The highest BCUT2D eigenvalue weighted by molar-refractivity contribution is 9.10. The Bertz CT molecular complexity index is 431. The average molecular weight is 341 g/mol. The molecule has 20 heavy (non-hydrogen) atoms. The quantitative estimate of drug-likeness (QED) is 0.863.